The van der Waals surface area contributed by atoms with Crippen LogP contribution in [0.15, 0.2) is 0 Å². The molecule has 1 rings (SSSR count). The lowest BCUT2D eigenvalue weighted by atomic mass is 9.50. The van der Waals surface area contributed by atoms with Crippen LogP contribution in [0.3, 0.4) is 0 Å². The summed E-state index contributed by atoms with van der Waals surface area (Å²) in [6.45, 7) is 14.4. The van der Waals surface area contributed by atoms with Crippen molar-refractivity contribution in [3.63, 3.8) is 0 Å². The Hall–Kier alpha value is 0. The summed E-state index contributed by atoms with van der Waals surface area (Å²) in [4.78, 5) is 0. The molecule has 0 nitrogen and oxygen atoms in total. The third kappa shape index (κ3) is 1.92. The molecule has 1 aliphatic rings. The minimum Gasteiger partial charge on any atom is -0.0651 e. The van der Waals surface area contributed by atoms with Crippen molar-refractivity contribution < 1.29 is 0 Å². The maximum absolute atomic E-state index is 2.44. The number of hydrogen-bond acceptors (Lipinski definition) is 0. The maximum atomic E-state index is 2.44. The van der Waals surface area contributed by atoms with E-state index in [2.05, 4.69) is 41.5 Å². The Morgan fingerprint density at radius 2 is 1.77 bits per heavy atom. The minimum absolute atomic E-state index is 0.628. The molecular weight excluding hydrogens is 156 g/mol. The molecule has 13 heavy (non-hydrogen) atoms. The molecule has 0 aromatic carbocycles. The summed E-state index contributed by atoms with van der Waals surface area (Å²) in [6, 6.07) is 0. The molecule has 1 aliphatic carbocycles. The van der Waals surface area contributed by atoms with Crippen molar-refractivity contribution in [1.29, 1.82) is 0 Å². The van der Waals surface area contributed by atoms with E-state index in [0.29, 0.717) is 5.41 Å². The van der Waals surface area contributed by atoms with Gasteiger partial charge in [-0.05, 0) is 35.5 Å². The Kier molecular flexibility index (Phi) is 3.09. The van der Waals surface area contributed by atoms with Crippen molar-refractivity contribution in [1.82, 2.24) is 0 Å². The van der Waals surface area contributed by atoms with Gasteiger partial charge in [0.05, 0.1) is 0 Å². The molecule has 78 valence electrons. The lowest BCUT2D eigenvalue weighted by Crippen LogP contribution is -2.47. The van der Waals surface area contributed by atoms with Crippen LogP contribution in [-0.2, 0) is 0 Å². The lowest BCUT2D eigenvalue weighted by Gasteiger charge is -2.55. The molecule has 0 amide bonds. The number of rotatable bonds is 3. The molecule has 0 aromatic rings. The SMILES string of the molecule is CCC1C(C(C)C(C)C)CC1(C)C. The van der Waals surface area contributed by atoms with Gasteiger partial charge in [0.1, 0.15) is 0 Å². The van der Waals surface area contributed by atoms with Crippen LogP contribution >= 0.6 is 0 Å². The van der Waals surface area contributed by atoms with Gasteiger partial charge in [0.15, 0.2) is 0 Å². The van der Waals surface area contributed by atoms with Crippen molar-refractivity contribution >= 4 is 0 Å². The molecule has 0 spiro atoms. The highest BCUT2D eigenvalue weighted by Gasteiger charge is 2.48. The van der Waals surface area contributed by atoms with Gasteiger partial charge < -0.3 is 0 Å². The Morgan fingerprint density at radius 3 is 2.08 bits per heavy atom. The fraction of sp³-hybridized carbons (Fsp3) is 1.00. The maximum Gasteiger partial charge on any atom is -0.0320 e. The zero-order chi connectivity index (χ0) is 10.2. The normalized spacial score (nSPS) is 34.4. The first-order valence-electron chi connectivity index (χ1n) is 5.90. The summed E-state index contributed by atoms with van der Waals surface area (Å²) in [5, 5.41) is 0. The first-order chi connectivity index (χ1) is 5.90. The van der Waals surface area contributed by atoms with Crippen LogP contribution in [0.5, 0.6) is 0 Å². The molecule has 0 N–H and O–H groups in total. The highest BCUT2D eigenvalue weighted by Crippen LogP contribution is 2.56. The quantitative estimate of drug-likeness (QED) is 0.608. The van der Waals surface area contributed by atoms with Gasteiger partial charge in [-0.1, -0.05) is 48.0 Å². The van der Waals surface area contributed by atoms with Crippen LogP contribution in [0.4, 0.5) is 0 Å². The summed E-state index contributed by atoms with van der Waals surface area (Å²) in [5.74, 6) is 3.75. The zero-order valence-corrected chi connectivity index (χ0v) is 10.2. The second kappa shape index (κ2) is 3.63. The molecule has 0 aliphatic heterocycles. The smallest absolute Gasteiger partial charge is 0.0320 e. The van der Waals surface area contributed by atoms with Crippen molar-refractivity contribution in [2.45, 2.75) is 54.4 Å². The fourth-order valence-corrected chi connectivity index (χ4v) is 3.22. The zero-order valence-electron chi connectivity index (χ0n) is 10.2. The van der Waals surface area contributed by atoms with E-state index >= 15 is 0 Å². The van der Waals surface area contributed by atoms with Gasteiger partial charge >= 0.3 is 0 Å². The van der Waals surface area contributed by atoms with Gasteiger partial charge in [0.25, 0.3) is 0 Å². The predicted molar refractivity (Wildman–Crippen MR) is 59.7 cm³/mol. The van der Waals surface area contributed by atoms with Crippen LogP contribution in [0.1, 0.15) is 54.4 Å². The van der Waals surface area contributed by atoms with Crippen LogP contribution in [0, 0.1) is 29.1 Å². The Morgan fingerprint density at radius 1 is 1.23 bits per heavy atom. The molecule has 0 bridgehead atoms. The van der Waals surface area contributed by atoms with E-state index in [-0.39, 0.29) is 0 Å². The van der Waals surface area contributed by atoms with Gasteiger partial charge in [-0.25, -0.2) is 0 Å². The number of hydrogen-bond donors (Lipinski definition) is 0. The third-order valence-corrected chi connectivity index (χ3v) is 4.45. The van der Waals surface area contributed by atoms with E-state index in [1.165, 1.54) is 12.8 Å². The topological polar surface area (TPSA) is 0 Å². The van der Waals surface area contributed by atoms with E-state index in [4.69, 9.17) is 0 Å². The first-order valence-corrected chi connectivity index (χ1v) is 5.90. The highest BCUT2D eigenvalue weighted by molar-refractivity contribution is 4.97. The molecule has 0 heterocycles. The van der Waals surface area contributed by atoms with Crippen LogP contribution in [0.2, 0.25) is 0 Å². The molecule has 1 fully saturated rings. The van der Waals surface area contributed by atoms with Crippen LogP contribution in [-0.4, -0.2) is 0 Å². The van der Waals surface area contributed by atoms with E-state index in [9.17, 15) is 0 Å². The van der Waals surface area contributed by atoms with Gasteiger partial charge in [0, 0.05) is 0 Å². The molecule has 1 saturated carbocycles. The largest absolute Gasteiger partial charge is 0.0651 e. The standard InChI is InChI=1S/C13H26/c1-7-12-11(8-13(12,5)6)10(4)9(2)3/h9-12H,7-8H2,1-6H3. The molecule has 3 unspecified atom stereocenters. The monoisotopic (exact) mass is 182 g/mol. The predicted octanol–water partition coefficient (Wildman–Crippen LogP) is 4.35. The first kappa shape index (κ1) is 11.1. The van der Waals surface area contributed by atoms with Gasteiger partial charge in [-0.3, -0.25) is 0 Å². The van der Waals surface area contributed by atoms with Crippen molar-refractivity contribution in [3.8, 4) is 0 Å². The van der Waals surface area contributed by atoms with E-state index in [1.807, 2.05) is 0 Å². The second-order valence-corrected chi connectivity index (χ2v) is 5.97. The third-order valence-electron chi connectivity index (χ3n) is 4.45. The summed E-state index contributed by atoms with van der Waals surface area (Å²) >= 11 is 0. The van der Waals surface area contributed by atoms with Gasteiger partial charge in [0.2, 0.25) is 0 Å². The average molecular weight is 182 g/mol. The van der Waals surface area contributed by atoms with Gasteiger partial charge in [-0.15, -0.1) is 0 Å². The van der Waals surface area contributed by atoms with Crippen LogP contribution < -0.4 is 0 Å². The fourth-order valence-electron chi connectivity index (χ4n) is 3.22. The molecule has 0 saturated heterocycles. The highest BCUT2D eigenvalue weighted by atomic mass is 14.5. The molecular formula is C13H26. The Balaban J connectivity index is 2.56. The van der Waals surface area contributed by atoms with E-state index in [0.717, 1.165) is 23.7 Å². The molecule has 0 radical (unpaired) electrons. The van der Waals surface area contributed by atoms with Crippen molar-refractivity contribution in [2.24, 2.45) is 29.1 Å². The lowest BCUT2D eigenvalue weighted by molar-refractivity contribution is -0.0554. The minimum atomic E-state index is 0.628. The Labute approximate surface area is 84.1 Å². The summed E-state index contributed by atoms with van der Waals surface area (Å²) in [5.41, 5.74) is 0.628. The molecule has 0 aromatic heterocycles. The van der Waals surface area contributed by atoms with Crippen molar-refractivity contribution in [3.05, 3.63) is 0 Å². The summed E-state index contributed by atoms with van der Waals surface area (Å²) in [7, 11) is 0. The summed E-state index contributed by atoms with van der Waals surface area (Å²) < 4.78 is 0. The average Bonchev–Trinajstić information content (AvgIpc) is 2.00. The summed E-state index contributed by atoms with van der Waals surface area (Å²) in [6.07, 6.45) is 2.82. The van der Waals surface area contributed by atoms with E-state index in [1.54, 1.807) is 0 Å². The van der Waals surface area contributed by atoms with Crippen LogP contribution in [0.25, 0.3) is 0 Å². The van der Waals surface area contributed by atoms with Gasteiger partial charge in [-0.2, -0.15) is 0 Å². The Bertz CT molecular complexity index is 167. The second-order valence-electron chi connectivity index (χ2n) is 5.97. The van der Waals surface area contributed by atoms with E-state index < -0.39 is 0 Å². The van der Waals surface area contributed by atoms with Crippen molar-refractivity contribution in [2.75, 3.05) is 0 Å². The molecule has 0 heteroatoms. The molecule has 3 atom stereocenters.